The molecule has 2 saturated heterocycles. The van der Waals surface area contributed by atoms with Crippen LogP contribution in [-0.4, -0.2) is 34.5 Å². The highest BCUT2D eigenvalue weighted by Gasteiger charge is 2.56. The van der Waals surface area contributed by atoms with E-state index in [1.807, 2.05) is 29.6 Å². The topological polar surface area (TPSA) is 66.8 Å². The number of ether oxygens (including phenoxy) is 1. The molecule has 0 spiro atoms. The van der Waals surface area contributed by atoms with Crippen molar-refractivity contribution in [3.63, 3.8) is 0 Å². The number of carbonyl (C=O) groups excluding carboxylic acids is 2. The molecule has 2 amide bonds. The van der Waals surface area contributed by atoms with Crippen molar-refractivity contribution < 1.29 is 19.4 Å². The minimum atomic E-state index is -0.282. The minimum absolute atomic E-state index is 0.00145. The number of benzene rings is 1. The number of fused-ring (bicyclic) bond motifs is 3. The lowest BCUT2D eigenvalue weighted by atomic mass is 9.68. The zero-order chi connectivity index (χ0) is 25.9. The zero-order valence-corrected chi connectivity index (χ0v) is 22.6. The van der Waals surface area contributed by atoms with Gasteiger partial charge in [-0.05, 0) is 66.8 Å². The van der Waals surface area contributed by atoms with Crippen LogP contribution in [0.2, 0.25) is 0 Å². The summed E-state index contributed by atoms with van der Waals surface area (Å²) in [6, 6.07) is 11.3. The van der Waals surface area contributed by atoms with Gasteiger partial charge in [-0.25, -0.2) is 0 Å². The second kappa shape index (κ2) is 11.4. The Morgan fingerprint density at radius 3 is 2.59 bits per heavy atom. The van der Waals surface area contributed by atoms with Gasteiger partial charge in [-0.1, -0.05) is 62.1 Å². The molecule has 196 valence electrons. The number of amides is 2. The molecule has 0 radical (unpaired) electrons. The predicted molar refractivity (Wildman–Crippen MR) is 147 cm³/mol. The summed E-state index contributed by atoms with van der Waals surface area (Å²) in [5.41, 5.74) is 5.15. The fourth-order valence-corrected chi connectivity index (χ4v) is 7.20. The number of nitrogens with zero attached hydrogens (tertiary/aromatic N) is 1. The van der Waals surface area contributed by atoms with Crippen LogP contribution in [0.25, 0.3) is 6.08 Å². The Hall–Kier alpha value is -2.70. The molecule has 1 aliphatic carbocycles. The van der Waals surface area contributed by atoms with Crippen LogP contribution < -0.4 is 0 Å². The maximum absolute atomic E-state index is 13.6. The molecular weight excluding hydrogens is 482 g/mol. The molecule has 37 heavy (non-hydrogen) atoms. The van der Waals surface area contributed by atoms with Crippen molar-refractivity contribution in [1.82, 2.24) is 4.90 Å². The number of phenols is 1. The van der Waals surface area contributed by atoms with E-state index in [0.29, 0.717) is 19.6 Å². The van der Waals surface area contributed by atoms with E-state index in [2.05, 4.69) is 19.9 Å². The average molecular weight is 520 g/mol. The van der Waals surface area contributed by atoms with E-state index >= 15 is 0 Å². The highest BCUT2D eigenvalue weighted by atomic mass is 32.1. The van der Waals surface area contributed by atoms with Gasteiger partial charge in [0.2, 0.25) is 11.8 Å². The van der Waals surface area contributed by atoms with Crippen LogP contribution in [0.5, 0.6) is 5.75 Å². The smallest absolute Gasteiger partial charge is 0.234 e. The van der Waals surface area contributed by atoms with Gasteiger partial charge in [0.05, 0.1) is 31.1 Å². The van der Waals surface area contributed by atoms with Gasteiger partial charge in [0.25, 0.3) is 0 Å². The summed E-state index contributed by atoms with van der Waals surface area (Å²) in [7, 11) is 0. The second-order valence-electron chi connectivity index (χ2n) is 10.6. The SMILES string of the molecule is CCCC1=C2[C@@H](CC/C(=C/c3ccc(O)cc3)CCC)OC[C@@H]2[C@@H]2C(=O)N(Cc3cccs3)C(=O)[C@@H]2C1. The number of hydrogen-bond acceptors (Lipinski definition) is 5. The summed E-state index contributed by atoms with van der Waals surface area (Å²) >= 11 is 1.59. The number of rotatable bonds is 10. The van der Waals surface area contributed by atoms with Crippen LogP contribution in [-0.2, 0) is 20.9 Å². The van der Waals surface area contributed by atoms with Crippen molar-refractivity contribution in [1.29, 1.82) is 0 Å². The quantitative estimate of drug-likeness (QED) is 0.279. The van der Waals surface area contributed by atoms with E-state index in [4.69, 9.17) is 4.74 Å². The number of phenolic OH excluding ortho intramolecular Hbond substituents is 1. The van der Waals surface area contributed by atoms with Crippen molar-refractivity contribution >= 4 is 29.2 Å². The minimum Gasteiger partial charge on any atom is -0.508 e. The average Bonchev–Trinajstić information content (AvgIpc) is 3.61. The molecule has 1 aromatic heterocycles. The molecular formula is C31H37NO4S. The summed E-state index contributed by atoms with van der Waals surface area (Å²) < 4.78 is 6.41. The van der Waals surface area contributed by atoms with Gasteiger partial charge in [0.1, 0.15) is 5.75 Å². The third kappa shape index (κ3) is 5.32. The number of likely N-dealkylation sites (tertiary alicyclic amines) is 1. The molecule has 1 aromatic carbocycles. The second-order valence-corrected chi connectivity index (χ2v) is 11.6. The number of carbonyl (C=O) groups is 2. The largest absolute Gasteiger partial charge is 0.508 e. The molecule has 0 unspecified atom stereocenters. The Kier molecular flexibility index (Phi) is 7.96. The molecule has 5 rings (SSSR count). The molecule has 2 aliphatic heterocycles. The number of aromatic hydroxyl groups is 1. The van der Waals surface area contributed by atoms with Gasteiger partial charge in [0.15, 0.2) is 0 Å². The monoisotopic (exact) mass is 519 g/mol. The Morgan fingerprint density at radius 1 is 1.08 bits per heavy atom. The van der Waals surface area contributed by atoms with Crippen LogP contribution in [0.4, 0.5) is 0 Å². The Bertz CT molecular complexity index is 1180. The van der Waals surface area contributed by atoms with Gasteiger partial charge >= 0.3 is 0 Å². The van der Waals surface area contributed by atoms with Crippen molar-refractivity contribution in [2.45, 2.75) is 71.4 Å². The van der Waals surface area contributed by atoms with Gasteiger partial charge in [-0.2, -0.15) is 0 Å². The Labute approximate surface area is 223 Å². The fraction of sp³-hybridized carbons (Fsp3) is 0.484. The highest BCUT2D eigenvalue weighted by molar-refractivity contribution is 7.09. The van der Waals surface area contributed by atoms with Crippen molar-refractivity contribution in [3.05, 3.63) is 68.9 Å². The van der Waals surface area contributed by atoms with Gasteiger partial charge in [-0.15, -0.1) is 11.3 Å². The van der Waals surface area contributed by atoms with Crippen LogP contribution in [0.3, 0.4) is 0 Å². The molecule has 2 fully saturated rings. The van der Waals surface area contributed by atoms with E-state index in [1.54, 1.807) is 23.5 Å². The van der Waals surface area contributed by atoms with E-state index < -0.39 is 0 Å². The lowest BCUT2D eigenvalue weighted by molar-refractivity contribution is -0.140. The maximum Gasteiger partial charge on any atom is 0.234 e. The highest BCUT2D eigenvalue weighted by Crippen LogP contribution is 2.51. The molecule has 0 saturated carbocycles. The van der Waals surface area contributed by atoms with Gasteiger partial charge < -0.3 is 9.84 Å². The Balaban J connectivity index is 1.35. The molecule has 3 heterocycles. The molecule has 6 heteroatoms. The van der Waals surface area contributed by atoms with Crippen LogP contribution >= 0.6 is 11.3 Å². The number of allylic oxidation sites excluding steroid dienone is 2. The molecule has 5 nitrogen and oxygen atoms in total. The van der Waals surface area contributed by atoms with Crippen molar-refractivity contribution in [2.75, 3.05) is 6.61 Å². The number of thiophene rings is 1. The molecule has 3 aliphatic rings. The molecule has 4 atom stereocenters. The first-order valence-corrected chi connectivity index (χ1v) is 14.6. The standard InChI is InChI=1S/C31H37NO4S/c1-3-6-20(16-21-9-12-23(33)13-10-21)11-14-27-28-22(7-4-2)17-25-29(26(28)19-36-27)31(35)32(30(25)34)18-24-8-5-15-37-24/h5,8-10,12-13,15-16,25-27,29,33H,3-4,6-7,11,14,17-19H2,1-2H3/b20-16+/t25-,26+,27-,29-/m1/s1. The first-order valence-electron chi connectivity index (χ1n) is 13.7. The first-order chi connectivity index (χ1) is 18.0. The maximum atomic E-state index is 13.6. The van der Waals surface area contributed by atoms with E-state index in [0.717, 1.165) is 49.0 Å². The van der Waals surface area contributed by atoms with Crippen molar-refractivity contribution in [2.24, 2.45) is 17.8 Å². The van der Waals surface area contributed by atoms with Gasteiger partial charge in [0, 0.05) is 10.8 Å². The summed E-state index contributed by atoms with van der Waals surface area (Å²) in [5, 5.41) is 11.6. The van der Waals surface area contributed by atoms with E-state index in [-0.39, 0.29) is 41.4 Å². The summed E-state index contributed by atoms with van der Waals surface area (Å²) in [6.45, 7) is 5.30. The van der Waals surface area contributed by atoms with Gasteiger partial charge in [-0.3, -0.25) is 14.5 Å². The van der Waals surface area contributed by atoms with E-state index in [1.165, 1.54) is 21.6 Å². The third-order valence-electron chi connectivity index (χ3n) is 8.11. The first kappa shape index (κ1) is 25.9. The summed E-state index contributed by atoms with van der Waals surface area (Å²) in [4.78, 5) is 29.5. The third-order valence-corrected chi connectivity index (χ3v) is 8.97. The lowest BCUT2D eigenvalue weighted by Gasteiger charge is -2.32. The lowest BCUT2D eigenvalue weighted by Crippen LogP contribution is -2.34. The molecule has 2 aromatic rings. The molecule has 0 bridgehead atoms. The van der Waals surface area contributed by atoms with Crippen LogP contribution in [0.15, 0.2) is 58.5 Å². The van der Waals surface area contributed by atoms with E-state index in [9.17, 15) is 14.7 Å². The summed E-state index contributed by atoms with van der Waals surface area (Å²) in [6.07, 6.45) is 8.85. The Morgan fingerprint density at radius 2 is 1.89 bits per heavy atom. The zero-order valence-electron chi connectivity index (χ0n) is 21.8. The normalized spacial score (nSPS) is 25.7. The number of imide groups is 1. The van der Waals surface area contributed by atoms with Crippen molar-refractivity contribution in [3.8, 4) is 5.75 Å². The van der Waals surface area contributed by atoms with Crippen LogP contribution in [0, 0.1) is 17.8 Å². The fourth-order valence-electron chi connectivity index (χ4n) is 6.50. The predicted octanol–water partition coefficient (Wildman–Crippen LogP) is 6.73. The number of hydrogen-bond donors (Lipinski definition) is 1. The summed E-state index contributed by atoms with van der Waals surface area (Å²) in [5.74, 6) is -0.234. The molecule has 1 N–H and O–H groups in total. The van der Waals surface area contributed by atoms with Crippen LogP contribution in [0.1, 0.15) is 69.2 Å².